The summed E-state index contributed by atoms with van der Waals surface area (Å²) < 4.78 is 19.1. The van der Waals surface area contributed by atoms with Gasteiger partial charge in [-0.05, 0) is 87.9 Å². The number of piperidine rings is 1. The number of halogens is 2. The highest BCUT2D eigenvalue weighted by molar-refractivity contribution is 6.35. The number of pyridine rings is 1. The van der Waals surface area contributed by atoms with Crippen LogP contribution in [0, 0.1) is 18.3 Å². The standard InChI is InChI=1S/C43H48Cl2N4O5/c1-28(13-16-48-17-14-35(51)25-48)54-40-12-7-10-37(43(40)45)36-9-6-8-33(29(36)2)27-53-42-20-41(52-26-32-18-31(21-46)22-47-23-32)34(19-38(42)44)24-49-15-5-4-11-39(49)30(3)50/h6-10,12,18-20,22-23,28,35,39,51H,4-5,11,13-17,24-27H2,1-3H3/t28-,35+,39-/m0/s1. The van der Waals surface area contributed by atoms with Crippen LogP contribution in [0.5, 0.6) is 17.2 Å². The third kappa shape index (κ3) is 9.92. The van der Waals surface area contributed by atoms with E-state index in [4.69, 9.17) is 37.4 Å². The first-order valence-corrected chi connectivity index (χ1v) is 19.5. The van der Waals surface area contributed by atoms with Gasteiger partial charge in [-0.15, -0.1) is 0 Å². The van der Waals surface area contributed by atoms with Gasteiger partial charge in [0.05, 0.1) is 33.9 Å². The van der Waals surface area contributed by atoms with Gasteiger partial charge in [-0.25, -0.2) is 0 Å². The lowest BCUT2D eigenvalue weighted by atomic mass is 9.96. The molecule has 2 aliphatic heterocycles. The number of hydrogen-bond acceptors (Lipinski definition) is 9. The van der Waals surface area contributed by atoms with Crippen molar-refractivity contribution in [1.29, 1.82) is 5.26 Å². The molecule has 0 spiro atoms. The molecule has 0 unspecified atom stereocenters. The molecule has 6 rings (SSSR count). The number of nitrogens with zero attached hydrogens (tertiary/aromatic N) is 4. The zero-order valence-electron chi connectivity index (χ0n) is 31.2. The van der Waals surface area contributed by atoms with Gasteiger partial charge in [-0.3, -0.25) is 14.7 Å². The van der Waals surface area contributed by atoms with Gasteiger partial charge < -0.3 is 24.2 Å². The Bertz CT molecular complexity index is 1980. The highest BCUT2D eigenvalue weighted by Crippen LogP contribution is 2.39. The summed E-state index contributed by atoms with van der Waals surface area (Å²) in [5.74, 6) is 1.85. The Labute approximate surface area is 328 Å². The number of aromatic nitrogens is 1. The SMILES string of the molecule is CC(=O)[C@@H]1CCCCN1Cc1cc(Cl)c(OCc2cccc(-c3cccc(O[C@@H](C)CCN4CC[C@@H](O)C4)c3Cl)c2C)cc1OCc1cncc(C#N)c1. The molecular weight excluding hydrogens is 723 g/mol. The van der Waals surface area contributed by atoms with Crippen molar-refractivity contribution in [3.63, 3.8) is 0 Å². The highest BCUT2D eigenvalue weighted by atomic mass is 35.5. The number of nitriles is 1. The van der Waals surface area contributed by atoms with Crippen molar-refractivity contribution in [3.05, 3.63) is 105 Å². The predicted octanol–water partition coefficient (Wildman–Crippen LogP) is 8.56. The smallest absolute Gasteiger partial charge is 0.146 e. The molecule has 3 heterocycles. The van der Waals surface area contributed by atoms with Crippen LogP contribution < -0.4 is 14.2 Å². The zero-order chi connectivity index (χ0) is 38.2. The lowest BCUT2D eigenvalue weighted by Gasteiger charge is -2.34. The minimum absolute atomic E-state index is 0.0453. The maximum absolute atomic E-state index is 12.5. The predicted molar refractivity (Wildman–Crippen MR) is 211 cm³/mol. The number of aliphatic hydroxyl groups is 1. The molecule has 3 atom stereocenters. The number of likely N-dealkylation sites (tertiary alicyclic amines) is 2. The highest BCUT2D eigenvalue weighted by Gasteiger charge is 2.28. The molecule has 0 saturated carbocycles. The van der Waals surface area contributed by atoms with Crippen LogP contribution in [0.15, 0.2) is 67.0 Å². The Morgan fingerprint density at radius 3 is 2.56 bits per heavy atom. The fourth-order valence-corrected chi connectivity index (χ4v) is 7.86. The minimum atomic E-state index is -0.235. The van der Waals surface area contributed by atoms with Gasteiger partial charge in [-0.2, -0.15) is 5.26 Å². The summed E-state index contributed by atoms with van der Waals surface area (Å²) >= 11 is 13.9. The van der Waals surface area contributed by atoms with Crippen molar-refractivity contribution in [2.75, 3.05) is 26.2 Å². The van der Waals surface area contributed by atoms with Crippen LogP contribution in [0.25, 0.3) is 11.1 Å². The van der Waals surface area contributed by atoms with Crippen molar-refractivity contribution < 1.29 is 24.1 Å². The molecule has 1 N–H and O–H groups in total. The van der Waals surface area contributed by atoms with Gasteiger partial charge in [0.2, 0.25) is 0 Å². The lowest BCUT2D eigenvalue weighted by molar-refractivity contribution is -0.123. The molecule has 54 heavy (non-hydrogen) atoms. The van der Waals surface area contributed by atoms with Crippen LogP contribution in [-0.4, -0.2) is 70.1 Å². The molecule has 0 amide bonds. The molecular formula is C43H48Cl2N4O5. The molecule has 11 heteroatoms. The second-order valence-corrected chi connectivity index (χ2v) is 15.2. The van der Waals surface area contributed by atoms with Crippen molar-refractivity contribution >= 4 is 29.0 Å². The Morgan fingerprint density at radius 2 is 1.78 bits per heavy atom. The monoisotopic (exact) mass is 770 g/mol. The summed E-state index contributed by atoms with van der Waals surface area (Å²) in [7, 11) is 0. The Hall–Kier alpha value is -4.17. The van der Waals surface area contributed by atoms with E-state index in [2.05, 4.69) is 27.8 Å². The van der Waals surface area contributed by atoms with E-state index >= 15 is 0 Å². The van der Waals surface area contributed by atoms with Gasteiger partial charge in [0, 0.05) is 61.3 Å². The molecule has 0 aliphatic carbocycles. The second-order valence-electron chi connectivity index (χ2n) is 14.4. The van der Waals surface area contributed by atoms with Crippen LogP contribution >= 0.6 is 23.2 Å². The number of β-amino-alcohol motifs (C(OH)–C–C–N with tert-alkyl or cyclic N) is 1. The largest absolute Gasteiger partial charge is 0.489 e. The van der Waals surface area contributed by atoms with Crippen molar-refractivity contribution in [2.45, 2.75) is 90.9 Å². The number of carbonyl (C=O) groups is 1. The maximum Gasteiger partial charge on any atom is 0.146 e. The van der Waals surface area contributed by atoms with E-state index in [1.54, 1.807) is 19.2 Å². The van der Waals surface area contributed by atoms with Crippen LogP contribution in [-0.2, 0) is 24.6 Å². The van der Waals surface area contributed by atoms with Crippen LogP contribution in [0.3, 0.4) is 0 Å². The summed E-state index contributed by atoms with van der Waals surface area (Å²) in [5, 5.41) is 20.2. The lowest BCUT2D eigenvalue weighted by Crippen LogP contribution is -2.43. The fourth-order valence-electron chi connectivity index (χ4n) is 7.34. The average Bonchev–Trinajstić information content (AvgIpc) is 3.59. The molecule has 2 fully saturated rings. The first kappa shape index (κ1) is 39.5. The normalized spacial score (nSPS) is 18.2. The van der Waals surface area contributed by atoms with Gasteiger partial charge in [0.15, 0.2) is 0 Å². The summed E-state index contributed by atoms with van der Waals surface area (Å²) in [6, 6.07) is 19.3. The van der Waals surface area contributed by atoms with E-state index in [0.717, 1.165) is 85.1 Å². The fraction of sp³-hybridized carbons (Fsp3) is 0.419. The molecule has 0 radical (unpaired) electrons. The van der Waals surface area contributed by atoms with Gasteiger partial charge in [0.1, 0.15) is 42.3 Å². The average molecular weight is 772 g/mol. The van der Waals surface area contributed by atoms with E-state index in [9.17, 15) is 15.2 Å². The van der Waals surface area contributed by atoms with Crippen LogP contribution in [0.4, 0.5) is 0 Å². The van der Waals surface area contributed by atoms with Crippen LogP contribution in [0.1, 0.15) is 73.8 Å². The van der Waals surface area contributed by atoms with Gasteiger partial charge in [0.25, 0.3) is 0 Å². The van der Waals surface area contributed by atoms with Crippen LogP contribution in [0.2, 0.25) is 10.0 Å². The Balaban J connectivity index is 1.19. The molecule has 2 aliphatic rings. The molecule has 1 aromatic heterocycles. The first-order valence-electron chi connectivity index (χ1n) is 18.7. The molecule has 0 bridgehead atoms. The summed E-state index contributed by atoms with van der Waals surface area (Å²) in [4.78, 5) is 21.2. The van der Waals surface area contributed by atoms with E-state index in [0.29, 0.717) is 45.9 Å². The topological polar surface area (TPSA) is 108 Å². The van der Waals surface area contributed by atoms with E-state index in [-0.39, 0.29) is 37.2 Å². The summed E-state index contributed by atoms with van der Waals surface area (Å²) in [6.45, 7) is 10.0. The number of aliphatic hydroxyl groups excluding tert-OH is 1. The number of carbonyl (C=O) groups excluding carboxylic acids is 1. The zero-order valence-corrected chi connectivity index (χ0v) is 32.7. The van der Waals surface area contributed by atoms with Crippen molar-refractivity contribution in [2.24, 2.45) is 0 Å². The molecule has 3 aromatic carbocycles. The summed E-state index contributed by atoms with van der Waals surface area (Å²) in [5.41, 5.74) is 5.90. The summed E-state index contributed by atoms with van der Waals surface area (Å²) in [6.07, 6.45) is 7.44. The number of Topliss-reactive ketones (excluding diaryl/α,β-unsaturated/α-hetero) is 1. The Kier molecular flexibility index (Phi) is 13.5. The number of benzene rings is 3. The Morgan fingerprint density at radius 1 is 0.981 bits per heavy atom. The van der Waals surface area contributed by atoms with E-state index in [1.165, 1.54) is 6.20 Å². The van der Waals surface area contributed by atoms with E-state index < -0.39 is 0 Å². The molecule has 2 saturated heterocycles. The van der Waals surface area contributed by atoms with Gasteiger partial charge >= 0.3 is 0 Å². The molecule has 9 nitrogen and oxygen atoms in total. The first-order chi connectivity index (χ1) is 26.1. The number of ether oxygens (including phenoxy) is 3. The van der Waals surface area contributed by atoms with Gasteiger partial charge in [-0.1, -0.05) is 60.0 Å². The van der Waals surface area contributed by atoms with Crippen molar-refractivity contribution in [1.82, 2.24) is 14.8 Å². The second kappa shape index (κ2) is 18.4. The number of rotatable bonds is 15. The number of hydrogen-bond donors (Lipinski definition) is 1. The minimum Gasteiger partial charge on any atom is -0.489 e. The third-order valence-corrected chi connectivity index (χ3v) is 11.1. The molecule has 4 aromatic rings. The van der Waals surface area contributed by atoms with E-state index in [1.807, 2.05) is 55.5 Å². The third-order valence-electron chi connectivity index (χ3n) is 10.4. The van der Waals surface area contributed by atoms with Crippen molar-refractivity contribution in [3.8, 4) is 34.4 Å². The molecule has 284 valence electrons. The number of ketones is 1. The quantitative estimate of drug-likeness (QED) is 0.127. The maximum atomic E-state index is 12.5.